The smallest absolute Gasteiger partial charge is 0.180 e. The van der Waals surface area contributed by atoms with Gasteiger partial charge in [0, 0.05) is 6.54 Å². The molecule has 0 aliphatic heterocycles. The third-order valence-corrected chi connectivity index (χ3v) is 4.35. The summed E-state index contributed by atoms with van der Waals surface area (Å²) in [5, 5.41) is -0.393. The largest absolute Gasteiger partial charge is 0.271 e. The minimum atomic E-state index is -3.16. The molecule has 0 aromatic heterocycles. The molecule has 0 saturated heterocycles. The number of benzene rings is 1. The Labute approximate surface area is 90.4 Å². The van der Waals surface area contributed by atoms with Crippen LogP contribution in [0.25, 0.3) is 0 Å². The van der Waals surface area contributed by atoms with Gasteiger partial charge in [-0.25, -0.2) is 8.42 Å². The molecule has 0 spiro atoms. The van der Waals surface area contributed by atoms with Gasteiger partial charge in [0.1, 0.15) is 0 Å². The zero-order valence-electron chi connectivity index (χ0n) is 8.90. The summed E-state index contributed by atoms with van der Waals surface area (Å²) in [5.74, 6) is 5.16. The number of hydrazine groups is 1. The Morgan fingerprint density at radius 1 is 1.27 bits per heavy atom. The molecular weight excluding hydrogens is 212 g/mol. The maximum atomic E-state index is 11.8. The Kier molecular flexibility index (Phi) is 3.84. The lowest BCUT2D eigenvalue weighted by Crippen LogP contribution is -2.20. The van der Waals surface area contributed by atoms with Crippen molar-refractivity contribution in [3.8, 4) is 0 Å². The van der Waals surface area contributed by atoms with Crippen molar-refractivity contribution >= 4 is 9.84 Å². The molecule has 0 saturated carbocycles. The van der Waals surface area contributed by atoms with Crippen LogP contribution in [0.1, 0.15) is 19.4 Å². The van der Waals surface area contributed by atoms with E-state index in [1.54, 1.807) is 38.1 Å². The molecule has 1 aromatic rings. The number of hydrogen-bond donors (Lipinski definition) is 2. The van der Waals surface area contributed by atoms with Crippen LogP contribution in [0.5, 0.6) is 0 Å². The summed E-state index contributed by atoms with van der Waals surface area (Å²) in [6.07, 6.45) is 0. The van der Waals surface area contributed by atoms with Crippen molar-refractivity contribution in [2.24, 2.45) is 5.84 Å². The highest BCUT2D eigenvalue weighted by molar-refractivity contribution is 7.92. The summed E-state index contributed by atoms with van der Waals surface area (Å²) in [7, 11) is -3.16. The molecule has 0 atom stereocenters. The van der Waals surface area contributed by atoms with Crippen LogP contribution < -0.4 is 11.3 Å². The average Bonchev–Trinajstić information content (AvgIpc) is 2.19. The highest BCUT2D eigenvalue weighted by Gasteiger charge is 2.18. The molecule has 5 heteroatoms. The maximum Gasteiger partial charge on any atom is 0.180 e. The maximum absolute atomic E-state index is 11.8. The third-order valence-electron chi connectivity index (χ3n) is 2.18. The second kappa shape index (κ2) is 4.74. The summed E-state index contributed by atoms with van der Waals surface area (Å²) in [5.41, 5.74) is 3.47. The van der Waals surface area contributed by atoms with Gasteiger partial charge in [-0.15, -0.1) is 0 Å². The highest BCUT2D eigenvalue weighted by atomic mass is 32.2. The molecule has 0 aliphatic carbocycles. The predicted molar refractivity (Wildman–Crippen MR) is 59.8 cm³/mol. The van der Waals surface area contributed by atoms with Crippen LogP contribution in [0.15, 0.2) is 29.2 Å². The first-order valence-corrected chi connectivity index (χ1v) is 6.29. The number of nitrogens with two attached hydrogens (primary N) is 1. The Balaban J connectivity index is 2.99. The van der Waals surface area contributed by atoms with E-state index in [1.807, 2.05) is 0 Å². The minimum Gasteiger partial charge on any atom is -0.271 e. The van der Waals surface area contributed by atoms with E-state index >= 15 is 0 Å². The Bertz CT molecular complexity index is 410. The number of rotatable bonds is 4. The zero-order valence-corrected chi connectivity index (χ0v) is 9.71. The van der Waals surface area contributed by atoms with E-state index in [9.17, 15) is 8.42 Å². The van der Waals surface area contributed by atoms with Crippen molar-refractivity contribution < 1.29 is 8.42 Å². The second-order valence-electron chi connectivity index (χ2n) is 3.62. The van der Waals surface area contributed by atoms with Crippen molar-refractivity contribution in [2.45, 2.75) is 30.5 Å². The third kappa shape index (κ3) is 2.77. The van der Waals surface area contributed by atoms with E-state index in [0.717, 1.165) is 5.56 Å². The topological polar surface area (TPSA) is 72.2 Å². The first-order valence-electron chi connectivity index (χ1n) is 4.75. The fourth-order valence-electron chi connectivity index (χ4n) is 1.19. The molecule has 0 unspecified atom stereocenters. The average molecular weight is 228 g/mol. The summed E-state index contributed by atoms with van der Waals surface area (Å²) < 4.78 is 23.5. The molecular formula is C10H16N2O2S. The van der Waals surface area contributed by atoms with Gasteiger partial charge in [-0.2, -0.15) is 0 Å². The molecule has 3 N–H and O–H groups in total. The number of nitrogens with one attached hydrogen (secondary N) is 1. The molecule has 0 amide bonds. The standard InChI is InChI=1S/C10H16N2O2S/c1-8(2)15(13,14)10-5-3-9(4-6-10)7-12-11/h3-6,8,12H,7,11H2,1-2H3. The van der Waals surface area contributed by atoms with Gasteiger partial charge in [-0.1, -0.05) is 12.1 Å². The quantitative estimate of drug-likeness (QED) is 0.591. The SMILES string of the molecule is CC(C)S(=O)(=O)c1ccc(CNN)cc1. The van der Waals surface area contributed by atoms with E-state index in [1.165, 1.54) is 0 Å². The summed E-state index contributed by atoms with van der Waals surface area (Å²) in [4.78, 5) is 0.360. The van der Waals surface area contributed by atoms with Gasteiger partial charge in [-0.05, 0) is 31.5 Å². The van der Waals surface area contributed by atoms with Crippen molar-refractivity contribution in [2.75, 3.05) is 0 Å². The second-order valence-corrected chi connectivity index (χ2v) is 6.12. The van der Waals surface area contributed by atoms with Gasteiger partial charge >= 0.3 is 0 Å². The lowest BCUT2D eigenvalue weighted by atomic mass is 10.2. The van der Waals surface area contributed by atoms with E-state index in [2.05, 4.69) is 5.43 Å². The first-order chi connectivity index (χ1) is 6.98. The van der Waals surface area contributed by atoms with Gasteiger partial charge in [-0.3, -0.25) is 11.3 Å². The van der Waals surface area contributed by atoms with E-state index < -0.39 is 15.1 Å². The summed E-state index contributed by atoms with van der Waals surface area (Å²) >= 11 is 0. The molecule has 0 radical (unpaired) electrons. The van der Waals surface area contributed by atoms with E-state index in [0.29, 0.717) is 11.4 Å². The lowest BCUT2D eigenvalue weighted by molar-refractivity contribution is 0.587. The van der Waals surface area contributed by atoms with E-state index in [-0.39, 0.29) is 0 Å². The van der Waals surface area contributed by atoms with Gasteiger partial charge < -0.3 is 0 Å². The van der Waals surface area contributed by atoms with Crippen LogP contribution in [0.2, 0.25) is 0 Å². The fourth-order valence-corrected chi connectivity index (χ4v) is 2.25. The van der Waals surface area contributed by atoms with E-state index in [4.69, 9.17) is 5.84 Å². The van der Waals surface area contributed by atoms with Crippen molar-refractivity contribution in [1.82, 2.24) is 5.43 Å². The van der Waals surface area contributed by atoms with Crippen LogP contribution >= 0.6 is 0 Å². The molecule has 84 valence electrons. The van der Waals surface area contributed by atoms with Crippen LogP contribution in [-0.2, 0) is 16.4 Å². The predicted octanol–water partition coefficient (Wildman–Crippen LogP) is 0.832. The zero-order chi connectivity index (χ0) is 11.5. The van der Waals surface area contributed by atoms with Gasteiger partial charge in [0.2, 0.25) is 0 Å². The molecule has 0 fully saturated rings. The van der Waals surface area contributed by atoms with Crippen molar-refractivity contribution in [3.63, 3.8) is 0 Å². The molecule has 0 heterocycles. The molecule has 4 nitrogen and oxygen atoms in total. The molecule has 1 rings (SSSR count). The first kappa shape index (κ1) is 12.2. The molecule has 15 heavy (non-hydrogen) atoms. The van der Waals surface area contributed by atoms with Gasteiger partial charge in [0.25, 0.3) is 0 Å². The summed E-state index contributed by atoms with van der Waals surface area (Å²) in [6, 6.07) is 6.74. The summed E-state index contributed by atoms with van der Waals surface area (Å²) in [6.45, 7) is 3.87. The van der Waals surface area contributed by atoms with Gasteiger partial charge in [0.15, 0.2) is 9.84 Å². The van der Waals surface area contributed by atoms with Crippen LogP contribution in [0.4, 0.5) is 0 Å². The number of sulfone groups is 1. The normalized spacial score (nSPS) is 12.0. The lowest BCUT2D eigenvalue weighted by Gasteiger charge is -2.08. The minimum absolute atomic E-state index is 0.360. The van der Waals surface area contributed by atoms with Crippen molar-refractivity contribution in [1.29, 1.82) is 0 Å². The Morgan fingerprint density at radius 3 is 2.20 bits per heavy atom. The molecule has 0 bridgehead atoms. The van der Waals surface area contributed by atoms with Gasteiger partial charge in [0.05, 0.1) is 10.1 Å². The fraction of sp³-hybridized carbons (Fsp3) is 0.400. The number of hydrogen-bond acceptors (Lipinski definition) is 4. The Morgan fingerprint density at radius 2 is 1.80 bits per heavy atom. The monoisotopic (exact) mass is 228 g/mol. The van der Waals surface area contributed by atoms with Crippen molar-refractivity contribution in [3.05, 3.63) is 29.8 Å². The van der Waals surface area contributed by atoms with Crippen LogP contribution in [0.3, 0.4) is 0 Å². The Hall–Kier alpha value is -0.910. The molecule has 0 aliphatic rings. The highest BCUT2D eigenvalue weighted by Crippen LogP contribution is 2.16. The molecule has 1 aromatic carbocycles. The van der Waals surface area contributed by atoms with Crippen LogP contribution in [-0.4, -0.2) is 13.7 Å². The van der Waals surface area contributed by atoms with Crippen LogP contribution in [0, 0.1) is 0 Å².